The Morgan fingerprint density at radius 1 is 0.962 bits per heavy atom. The van der Waals surface area contributed by atoms with Gasteiger partial charge >= 0.3 is 0 Å². The zero-order chi connectivity index (χ0) is 18.1. The summed E-state index contributed by atoms with van der Waals surface area (Å²) >= 11 is 0. The number of sulfonamides is 1. The van der Waals surface area contributed by atoms with Crippen LogP contribution in [-0.4, -0.2) is 32.4 Å². The predicted octanol–water partition coefficient (Wildman–Crippen LogP) is 3.60. The third-order valence-electron chi connectivity index (χ3n) is 4.94. The lowest BCUT2D eigenvalue weighted by molar-refractivity contribution is 0.0202. The first-order chi connectivity index (χ1) is 12.6. The van der Waals surface area contributed by atoms with Crippen molar-refractivity contribution in [2.45, 2.75) is 24.0 Å². The van der Waals surface area contributed by atoms with E-state index in [2.05, 4.69) is 12.1 Å². The molecule has 0 radical (unpaired) electrons. The van der Waals surface area contributed by atoms with E-state index in [1.165, 1.54) is 15.4 Å². The maximum absolute atomic E-state index is 13.1. The highest BCUT2D eigenvalue weighted by molar-refractivity contribution is 7.89. The molecule has 0 saturated heterocycles. The Hall–Kier alpha value is -2.21. The largest absolute Gasteiger partial charge is 0.372 e. The van der Waals surface area contributed by atoms with Gasteiger partial charge in [-0.2, -0.15) is 4.31 Å². The van der Waals surface area contributed by atoms with Gasteiger partial charge in [-0.1, -0.05) is 60.7 Å². The van der Waals surface area contributed by atoms with Crippen molar-refractivity contribution in [1.82, 2.24) is 4.31 Å². The number of nitrogens with zero attached hydrogens (tertiary/aromatic N) is 1. The minimum atomic E-state index is -3.59. The molecule has 0 N–H and O–H groups in total. The molecule has 3 aromatic rings. The number of benzene rings is 3. The summed E-state index contributed by atoms with van der Waals surface area (Å²) in [7, 11) is -1.96. The molecule has 0 aromatic heterocycles. The Labute approximate surface area is 154 Å². The Bertz CT molecular complexity index is 1040. The van der Waals surface area contributed by atoms with Gasteiger partial charge in [0.25, 0.3) is 0 Å². The summed E-state index contributed by atoms with van der Waals surface area (Å²) in [5, 5.41) is 1.67. The van der Waals surface area contributed by atoms with E-state index in [1.54, 1.807) is 19.2 Å². The summed E-state index contributed by atoms with van der Waals surface area (Å²) in [6, 6.07) is 21.1. The molecule has 0 fully saturated rings. The van der Waals surface area contributed by atoms with E-state index >= 15 is 0 Å². The second-order valence-corrected chi connectivity index (χ2v) is 8.68. The van der Waals surface area contributed by atoms with Crippen molar-refractivity contribution in [1.29, 1.82) is 0 Å². The topological polar surface area (TPSA) is 46.6 Å². The molecule has 4 rings (SSSR count). The quantitative estimate of drug-likeness (QED) is 0.708. The summed E-state index contributed by atoms with van der Waals surface area (Å²) in [6.45, 7) is 0.864. The molecular formula is C21H21NO3S. The lowest BCUT2D eigenvalue weighted by Crippen LogP contribution is -2.38. The smallest absolute Gasteiger partial charge is 0.243 e. The van der Waals surface area contributed by atoms with Crippen LogP contribution >= 0.6 is 0 Å². The zero-order valence-corrected chi connectivity index (χ0v) is 15.4. The third kappa shape index (κ3) is 3.14. The van der Waals surface area contributed by atoms with Gasteiger partial charge < -0.3 is 4.74 Å². The molecule has 1 aliphatic heterocycles. The number of hydrogen-bond acceptors (Lipinski definition) is 3. The standard InChI is InChI=1S/C21H21NO3S/c1-22(14-19-13-17-8-2-3-9-18(17)15-25-19)26(23,24)21-12-6-10-16-7-4-5-11-20(16)21/h2-12,19H,13-15H2,1H3. The SMILES string of the molecule is CN(CC1Cc2ccccc2CO1)S(=O)(=O)c1cccc2ccccc12. The second-order valence-electron chi connectivity index (χ2n) is 6.67. The van der Waals surface area contributed by atoms with Gasteiger partial charge in [0.1, 0.15) is 0 Å². The molecule has 3 aromatic carbocycles. The molecule has 0 bridgehead atoms. The van der Waals surface area contributed by atoms with Gasteiger partial charge in [-0.15, -0.1) is 0 Å². The molecule has 0 spiro atoms. The molecule has 0 amide bonds. The molecular weight excluding hydrogens is 346 g/mol. The molecule has 0 saturated carbocycles. The van der Waals surface area contributed by atoms with E-state index in [-0.39, 0.29) is 6.10 Å². The summed E-state index contributed by atoms with van der Waals surface area (Å²) in [6.07, 6.45) is 0.589. The van der Waals surface area contributed by atoms with Crippen molar-refractivity contribution < 1.29 is 13.2 Å². The first kappa shape index (κ1) is 17.2. The van der Waals surface area contributed by atoms with Gasteiger partial charge in [-0.05, 0) is 22.6 Å². The fourth-order valence-electron chi connectivity index (χ4n) is 3.50. The normalized spacial score (nSPS) is 17.4. The van der Waals surface area contributed by atoms with Crippen LogP contribution in [0.2, 0.25) is 0 Å². The van der Waals surface area contributed by atoms with Crippen LogP contribution in [0.3, 0.4) is 0 Å². The van der Waals surface area contributed by atoms with E-state index < -0.39 is 10.0 Å². The van der Waals surface area contributed by atoms with Gasteiger partial charge in [0.2, 0.25) is 10.0 Å². The molecule has 4 nitrogen and oxygen atoms in total. The number of likely N-dealkylation sites (N-methyl/N-ethyl adjacent to an activating group) is 1. The maximum Gasteiger partial charge on any atom is 0.243 e. The molecule has 1 unspecified atom stereocenters. The summed E-state index contributed by atoms with van der Waals surface area (Å²) in [4.78, 5) is 0.342. The highest BCUT2D eigenvalue weighted by Gasteiger charge is 2.27. The fourth-order valence-corrected chi connectivity index (χ4v) is 4.91. The fraction of sp³-hybridized carbons (Fsp3) is 0.238. The van der Waals surface area contributed by atoms with E-state index in [4.69, 9.17) is 4.74 Å². The van der Waals surface area contributed by atoms with Gasteiger partial charge in [-0.25, -0.2) is 8.42 Å². The van der Waals surface area contributed by atoms with Crippen LogP contribution < -0.4 is 0 Å². The lowest BCUT2D eigenvalue weighted by Gasteiger charge is -2.28. The highest BCUT2D eigenvalue weighted by Crippen LogP contribution is 2.26. The minimum Gasteiger partial charge on any atom is -0.372 e. The molecule has 1 aliphatic rings. The highest BCUT2D eigenvalue weighted by atomic mass is 32.2. The van der Waals surface area contributed by atoms with E-state index in [9.17, 15) is 8.42 Å². The average Bonchev–Trinajstić information content (AvgIpc) is 2.67. The molecule has 5 heteroatoms. The van der Waals surface area contributed by atoms with E-state index in [0.29, 0.717) is 18.0 Å². The molecule has 1 heterocycles. The van der Waals surface area contributed by atoms with Crippen molar-refractivity contribution in [2.24, 2.45) is 0 Å². The Balaban J connectivity index is 1.58. The number of rotatable bonds is 4. The van der Waals surface area contributed by atoms with Crippen LogP contribution in [0.15, 0.2) is 71.6 Å². The molecule has 26 heavy (non-hydrogen) atoms. The van der Waals surface area contributed by atoms with Gasteiger partial charge in [0.15, 0.2) is 0 Å². The lowest BCUT2D eigenvalue weighted by atomic mass is 9.99. The van der Waals surface area contributed by atoms with Crippen LogP contribution in [0.25, 0.3) is 10.8 Å². The Kier molecular flexibility index (Phi) is 4.53. The zero-order valence-electron chi connectivity index (χ0n) is 14.6. The second kappa shape index (κ2) is 6.83. The first-order valence-corrected chi connectivity index (χ1v) is 10.1. The van der Waals surface area contributed by atoms with E-state index in [0.717, 1.165) is 17.2 Å². The number of hydrogen-bond donors (Lipinski definition) is 0. The summed E-state index contributed by atoms with van der Waals surface area (Å²) in [5.41, 5.74) is 2.42. The molecule has 1 atom stereocenters. The van der Waals surface area contributed by atoms with E-state index in [1.807, 2.05) is 42.5 Å². The van der Waals surface area contributed by atoms with Crippen LogP contribution in [0.5, 0.6) is 0 Å². The van der Waals surface area contributed by atoms with Crippen molar-refractivity contribution in [3.63, 3.8) is 0 Å². The number of fused-ring (bicyclic) bond motifs is 2. The molecule has 134 valence electrons. The average molecular weight is 367 g/mol. The van der Waals surface area contributed by atoms with Crippen LogP contribution in [0, 0.1) is 0 Å². The Morgan fingerprint density at radius 3 is 2.50 bits per heavy atom. The first-order valence-electron chi connectivity index (χ1n) is 8.68. The predicted molar refractivity (Wildman–Crippen MR) is 102 cm³/mol. The minimum absolute atomic E-state index is 0.139. The molecule has 0 aliphatic carbocycles. The van der Waals surface area contributed by atoms with Gasteiger partial charge in [0, 0.05) is 25.4 Å². The number of ether oxygens (including phenoxy) is 1. The van der Waals surface area contributed by atoms with Crippen molar-refractivity contribution in [3.05, 3.63) is 77.9 Å². The summed E-state index contributed by atoms with van der Waals surface area (Å²) in [5.74, 6) is 0. The van der Waals surface area contributed by atoms with Gasteiger partial charge in [-0.3, -0.25) is 0 Å². The maximum atomic E-state index is 13.1. The van der Waals surface area contributed by atoms with Crippen molar-refractivity contribution >= 4 is 20.8 Å². The van der Waals surface area contributed by atoms with Crippen LogP contribution in [0.1, 0.15) is 11.1 Å². The van der Waals surface area contributed by atoms with Crippen LogP contribution in [0.4, 0.5) is 0 Å². The monoisotopic (exact) mass is 367 g/mol. The van der Waals surface area contributed by atoms with Crippen LogP contribution in [-0.2, 0) is 27.8 Å². The van der Waals surface area contributed by atoms with Crippen molar-refractivity contribution in [3.8, 4) is 0 Å². The van der Waals surface area contributed by atoms with Gasteiger partial charge in [0.05, 0.1) is 17.6 Å². The summed E-state index contributed by atoms with van der Waals surface area (Å²) < 4.78 is 33.6. The van der Waals surface area contributed by atoms with Crippen molar-refractivity contribution in [2.75, 3.05) is 13.6 Å². The Morgan fingerprint density at radius 2 is 1.65 bits per heavy atom. The third-order valence-corrected chi connectivity index (χ3v) is 6.82.